The minimum atomic E-state index is -0.486. The van der Waals surface area contributed by atoms with E-state index < -0.39 is 6.10 Å². The average molecular weight is 390 g/mol. The van der Waals surface area contributed by atoms with E-state index in [-0.39, 0.29) is 11.3 Å². The number of aliphatic hydroxyl groups is 1. The van der Waals surface area contributed by atoms with Gasteiger partial charge in [-0.1, -0.05) is 54.8 Å². The second-order valence-corrected chi connectivity index (χ2v) is 8.25. The van der Waals surface area contributed by atoms with Gasteiger partial charge < -0.3 is 10.2 Å². The minimum absolute atomic E-state index is 0.0388. The van der Waals surface area contributed by atoms with E-state index in [0.717, 1.165) is 29.8 Å². The molecule has 1 unspecified atom stereocenters. The number of aromatic hydroxyl groups is 1. The Morgan fingerprint density at radius 2 is 1.86 bits per heavy atom. The highest BCUT2D eigenvalue weighted by Gasteiger charge is 2.45. The fraction of sp³-hybridized carbons (Fsp3) is 0.391. The van der Waals surface area contributed by atoms with Gasteiger partial charge in [0.05, 0.1) is 23.7 Å². The smallest absolute Gasteiger partial charge is 0.117 e. The van der Waals surface area contributed by atoms with Gasteiger partial charge >= 0.3 is 0 Å². The van der Waals surface area contributed by atoms with Crippen molar-refractivity contribution in [1.29, 1.82) is 0 Å². The SMILES string of the molecule is Oc1cccc(-n2cc(CN3CC(O)c4ccccc4C34CCCCC4)nn2)c1. The van der Waals surface area contributed by atoms with Crippen molar-refractivity contribution >= 4 is 0 Å². The zero-order chi connectivity index (χ0) is 19.8. The summed E-state index contributed by atoms with van der Waals surface area (Å²) in [5, 5.41) is 29.2. The molecule has 2 aromatic carbocycles. The molecule has 1 fully saturated rings. The molecular weight excluding hydrogens is 364 g/mol. The van der Waals surface area contributed by atoms with Crippen LogP contribution in [0.1, 0.15) is 55.0 Å². The van der Waals surface area contributed by atoms with E-state index >= 15 is 0 Å². The first-order valence-electron chi connectivity index (χ1n) is 10.4. The molecule has 0 saturated heterocycles. The molecular formula is C23H26N4O2. The van der Waals surface area contributed by atoms with E-state index in [1.807, 2.05) is 18.3 Å². The van der Waals surface area contributed by atoms with Crippen LogP contribution in [0.4, 0.5) is 0 Å². The number of hydrogen-bond donors (Lipinski definition) is 2. The number of hydrogen-bond acceptors (Lipinski definition) is 5. The van der Waals surface area contributed by atoms with Crippen molar-refractivity contribution in [3.8, 4) is 11.4 Å². The van der Waals surface area contributed by atoms with Gasteiger partial charge in [-0.15, -0.1) is 5.10 Å². The standard InChI is InChI=1S/C23H26N4O2/c28-19-8-6-7-18(13-19)27-15-17(24-25-27)14-26-16-22(29)20-9-2-3-10-21(20)23(26)11-4-1-5-12-23/h2-3,6-10,13,15,22,28-29H,1,4-5,11-12,14,16H2. The normalized spacial score (nSPS) is 21.2. The first-order valence-corrected chi connectivity index (χ1v) is 10.4. The van der Waals surface area contributed by atoms with E-state index in [9.17, 15) is 10.2 Å². The van der Waals surface area contributed by atoms with Crippen LogP contribution in [0.25, 0.3) is 5.69 Å². The van der Waals surface area contributed by atoms with Crippen LogP contribution in [0.15, 0.2) is 54.7 Å². The second kappa shape index (κ2) is 7.28. The molecule has 3 aromatic rings. The van der Waals surface area contributed by atoms with Crippen LogP contribution in [-0.4, -0.2) is 36.7 Å². The summed E-state index contributed by atoms with van der Waals surface area (Å²) in [5.74, 6) is 0.205. The summed E-state index contributed by atoms with van der Waals surface area (Å²) in [5.41, 5.74) is 3.96. The summed E-state index contributed by atoms with van der Waals surface area (Å²) in [6.07, 6.45) is 7.33. The summed E-state index contributed by atoms with van der Waals surface area (Å²) in [4.78, 5) is 2.41. The van der Waals surface area contributed by atoms with Crippen molar-refractivity contribution in [2.75, 3.05) is 6.54 Å². The van der Waals surface area contributed by atoms with Crippen LogP contribution in [0, 0.1) is 0 Å². The van der Waals surface area contributed by atoms with Crippen molar-refractivity contribution in [1.82, 2.24) is 19.9 Å². The Labute approximate surface area is 170 Å². The monoisotopic (exact) mass is 390 g/mol. The van der Waals surface area contributed by atoms with Gasteiger partial charge in [0.25, 0.3) is 0 Å². The van der Waals surface area contributed by atoms with Gasteiger partial charge in [-0.2, -0.15) is 0 Å². The molecule has 2 heterocycles. The third-order valence-corrected chi connectivity index (χ3v) is 6.49. The highest BCUT2D eigenvalue weighted by Crippen LogP contribution is 2.48. The number of phenolic OH excluding ortho intramolecular Hbond substituents is 1. The molecule has 150 valence electrons. The lowest BCUT2D eigenvalue weighted by molar-refractivity contribution is -0.0215. The summed E-state index contributed by atoms with van der Waals surface area (Å²) < 4.78 is 1.69. The molecule has 0 bridgehead atoms. The van der Waals surface area contributed by atoms with Crippen molar-refractivity contribution in [2.45, 2.75) is 50.3 Å². The molecule has 1 saturated carbocycles. The Morgan fingerprint density at radius 3 is 2.69 bits per heavy atom. The Kier molecular flexibility index (Phi) is 4.60. The Bertz CT molecular complexity index is 1010. The maximum atomic E-state index is 10.8. The van der Waals surface area contributed by atoms with E-state index in [2.05, 4.69) is 33.4 Å². The molecule has 0 radical (unpaired) electrons. The Morgan fingerprint density at radius 1 is 1.03 bits per heavy atom. The van der Waals surface area contributed by atoms with Crippen LogP contribution in [0.3, 0.4) is 0 Å². The molecule has 6 heteroatoms. The van der Waals surface area contributed by atoms with Gasteiger partial charge in [-0.25, -0.2) is 4.68 Å². The predicted octanol–water partition coefficient (Wildman–Crippen LogP) is 3.68. The third-order valence-electron chi connectivity index (χ3n) is 6.49. The lowest BCUT2D eigenvalue weighted by Gasteiger charge is -2.51. The molecule has 1 aliphatic heterocycles. The van der Waals surface area contributed by atoms with Gasteiger partial charge in [0.15, 0.2) is 0 Å². The van der Waals surface area contributed by atoms with Gasteiger partial charge in [0, 0.05) is 24.7 Å². The number of rotatable bonds is 3. The predicted molar refractivity (Wildman–Crippen MR) is 110 cm³/mol. The van der Waals surface area contributed by atoms with Crippen molar-refractivity contribution < 1.29 is 10.2 Å². The van der Waals surface area contributed by atoms with Crippen LogP contribution in [0.5, 0.6) is 5.75 Å². The number of fused-ring (bicyclic) bond motifs is 2. The maximum Gasteiger partial charge on any atom is 0.117 e. The first kappa shape index (κ1) is 18.3. The lowest BCUT2D eigenvalue weighted by atomic mass is 9.70. The van der Waals surface area contributed by atoms with Gasteiger partial charge in [-0.3, -0.25) is 4.90 Å². The van der Waals surface area contributed by atoms with Crippen LogP contribution in [0.2, 0.25) is 0 Å². The zero-order valence-corrected chi connectivity index (χ0v) is 16.4. The number of β-amino-alcohol motifs (C(OH)–C–C–N with tert-alkyl or cyclic N) is 1. The largest absolute Gasteiger partial charge is 0.508 e. The number of aromatic nitrogens is 3. The quantitative estimate of drug-likeness (QED) is 0.714. The molecule has 1 aliphatic carbocycles. The fourth-order valence-corrected chi connectivity index (χ4v) is 5.13. The molecule has 6 nitrogen and oxygen atoms in total. The highest BCUT2D eigenvalue weighted by atomic mass is 16.3. The molecule has 29 heavy (non-hydrogen) atoms. The van der Waals surface area contributed by atoms with Crippen LogP contribution >= 0.6 is 0 Å². The number of nitrogens with zero attached hydrogens (tertiary/aromatic N) is 4. The van der Waals surface area contributed by atoms with E-state index in [1.165, 1.54) is 24.8 Å². The Hall–Kier alpha value is -2.70. The molecule has 1 atom stereocenters. The average Bonchev–Trinajstić information content (AvgIpc) is 3.22. The number of phenols is 1. The van der Waals surface area contributed by atoms with Crippen LogP contribution in [-0.2, 0) is 12.1 Å². The zero-order valence-electron chi connectivity index (χ0n) is 16.4. The minimum Gasteiger partial charge on any atom is -0.508 e. The summed E-state index contributed by atoms with van der Waals surface area (Å²) in [7, 11) is 0. The van der Waals surface area contributed by atoms with Crippen LogP contribution < -0.4 is 0 Å². The maximum absolute atomic E-state index is 10.8. The van der Waals surface area contributed by atoms with Crippen molar-refractivity contribution in [3.63, 3.8) is 0 Å². The van der Waals surface area contributed by atoms with Crippen molar-refractivity contribution in [2.24, 2.45) is 0 Å². The molecule has 0 amide bonds. The van der Waals surface area contributed by atoms with E-state index in [0.29, 0.717) is 13.1 Å². The van der Waals surface area contributed by atoms with Gasteiger partial charge in [0.1, 0.15) is 5.75 Å². The third kappa shape index (κ3) is 3.22. The molecule has 1 spiro atoms. The van der Waals surface area contributed by atoms with E-state index in [1.54, 1.807) is 22.9 Å². The molecule has 5 rings (SSSR count). The highest BCUT2D eigenvalue weighted by molar-refractivity contribution is 5.39. The second-order valence-electron chi connectivity index (χ2n) is 8.25. The summed E-state index contributed by atoms with van der Waals surface area (Å²) in [6, 6.07) is 15.4. The molecule has 2 N–H and O–H groups in total. The summed E-state index contributed by atoms with van der Waals surface area (Å²) in [6.45, 7) is 1.25. The number of aliphatic hydroxyl groups excluding tert-OH is 1. The Balaban J connectivity index is 1.47. The van der Waals surface area contributed by atoms with Gasteiger partial charge in [0.2, 0.25) is 0 Å². The number of benzene rings is 2. The molecule has 2 aliphatic rings. The fourth-order valence-electron chi connectivity index (χ4n) is 5.13. The topological polar surface area (TPSA) is 74.4 Å². The van der Waals surface area contributed by atoms with E-state index in [4.69, 9.17) is 0 Å². The van der Waals surface area contributed by atoms with Gasteiger partial charge in [-0.05, 0) is 36.1 Å². The lowest BCUT2D eigenvalue weighted by Crippen LogP contribution is -2.52. The first-order chi connectivity index (χ1) is 14.2. The summed E-state index contributed by atoms with van der Waals surface area (Å²) >= 11 is 0. The van der Waals surface area contributed by atoms with Crippen molar-refractivity contribution in [3.05, 3.63) is 71.5 Å². The molecule has 1 aromatic heterocycles.